The van der Waals surface area contributed by atoms with Gasteiger partial charge in [-0.25, -0.2) is 0 Å². The minimum atomic E-state index is -4.00. The zero-order valence-corrected chi connectivity index (χ0v) is 27.1. The number of halogens is 2. The van der Waals surface area contributed by atoms with Gasteiger partial charge in [0.2, 0.25) is 6.71 Å². The summed E-state index contributed by atoms with van der Waals surface area (Å²) in [7, 11) is 0. The maximum absolute atomic E-state index is 16.2. The Morgan fingerprint density at radius 1 is 0.651 bits per heavy atom. The molecule has 0 amide bonds. The van der Waals surface area contributed by atoms with Crippen LogP contribution in [0, 0.1) is 55.4 Å². The van der Waals surface area contributed by atoms with Crippen molar-refractivity contribution in [3.63, 3.8) is 0 Å². The van der Waals surface area contributed by atoms with Crippen LogP contribution in [0.5, 0.6) is 0 Å². The van der Waals surface area contributed by atoms with Crippen molar-refractivity contribution in [3.05, 3.63) is 128 Å². The maximum atomic E-state index is 16.2. The predicted molar refractivity (Wildman–Crippen MR) is 180 cm³/mol. The number of hydrogen-bond donors (Lipinski definition) is 0. The summed E-state index contributed by atoms with van der Waals surface area (Å²) in [5, 5.41) is 0. The molecule has 218 valence electrons. The Morgan fingerprint density at radius 2 is 1.14 bits per heavy atom. The second kappa shape index (κ2) is 10.1. The summed E-state index contributed by atoms with van der Waals surface area (Å²) in [5.41, 5.74) is 17.5. The highest BCUT2D eigenvalue weighted by atomic mass is 19.2. The molecule has 1 aromatic heterocycles. The van der Waals surface area contributed by atoms with Crippen LogP contribution in [0.4, 0.5) is 8.63 Å². The Labute approximate surface area is 255 Å². The maximum Gasteiger partial charge on any atom is 0.737 e. The molecule has 0 saturated carbocycles. The highest BCUT2D eigenvalue weighted by Crippen LogP contribution is 2.44. The third kappa shape index (κ3) is 4.41. The van der Waals surface area contributed by atoms with Gasteiger partial charge in [-0.2, -0.15) is 0 Å². The number of allylic oxidation sites excluding steroid dienone is 2. The summed E-state index contributed by atoms with van der Waals surface area (Å²) in [5.74, 6) is 0. The van der Waals surface area contributed by atoms with Crippen molar-refractivity contribution in [1.82, 2.24) is 4.48 Å². The number of aromatic nitrogens is 1. The van der Waals surface area contributed by atoms with E-state index in [0.29, 0.717) is 22.8 Å². The van der Waals surface area contributed by atoms with Crippen molar-refractivity contribution in [3.8, 4) is 0 Å². The molecule has 2 aliphatic heterocycles. The SMILES string of the molecule is CC1=CC(C)=[N+]2C1=C(c1ccc(B(c3c(C)cc(C)cc3C)c3c(C)cc(C)cc3C)cc1)c1c(C)cc(C)n1[B-]2(F)F. The molecule has 0 aliphatic carbocycles. The molecule has 0 bridgehead atoms. The van der Waals surface area contributed by atoms with Crippen LogP contribution in [0.3, 0.4) is 0 Å². The summed E-state index contributed by atoms with van der Waals surface area (Å²) in [4.78, 5) is 0. The lowest BCUT2D eigenvalue weighted by molar-refractivity contribution is -0.363. The number of nitrogens with zero attached hydrogens (tertiary/aromatic N) is 2. The fourth-order valence-electron chi connectivity index (χ4n) is 8.19. The minimum absolute atomic E-state index is 0.0555. The number of benzene rings is 3. The largest absolute Gasteiger partial charge is 0.737 e. The van der Waals surface area contributed by atoms with Crippen LogP contribution in [0.1, 0.15) is 69.7 Å². The van der Waals surface area contributed by atoms with E-state index in [4.69, 9.17) is 0 Å². The van der Waals surface area contributed by atoms with Crippen LogP contribution in [0.2, 0.25) is 0 Å². The number of rotatable bonds is 4. The molecule has 3 aromatic carbocycles. The van der Waals surface area contributed by atoms with Crippen molar-refractivity contribution in [2.24, 2.45) is 0 Å². The van der Waals surface area contributed by atoms with E-state index in [1.807, 2.05) is 26.0 Å². The van der Waals surface area contributed by atoms with E-state index >= 15 is 8.63 Å². The first-order valence-corrected chi connectivity index (χ1v) is 15.2. The molecule has 6 heteroatoms. The van der Waals surface area contributed by atoms with Crippen molar-refractivity contribution >= 4 is 41.4 Å². The van der Waals surface area contributed by atoms with Crippen LogP contribution < -0.4 is 16.4 Å². The van der Waals surface area contributed by atoms with E-state index < -0.39 is 6.97 Å². The van der Waals surface area contributed by atoms with Crippen LogP contribution >= 0.6 is 0 Å². The van der Waals surface area contributed by atoms with Gasteiger partial charge in [0.05, 0.1) is 5.57 Å². The number of aryl methyl sites for hydroxylation is 8. The summed E-state index contributed by atoms with van der Waals surface area (Å²) < 4.78 is 34.9. The molecule has 4 aromatic rings. The molecule has 3 heterocycles. The molecule has 6 rings (SSSR count). The van der Waals surface area contributed by atoms with Crippen LogP contribution in [0.15, 0.2) is 71.9 Å². The second-order valence-corrected chi connectivity index (χ2v) is 13.0. The topological polar surface area (TPSA) is 7.94 Å². The van der Waals surface area contributed by atoms with Gasteiger partial charge < -0.3 is 17.6 Å². The predicted octanol–water partition coefficient (Wildman–Crippen LogP) is 6.90. The van der Waals surface area contributed by atoms with Gasteiger partial charge in [-0.15, -0.1) is 0 Å². The average molecular weight is 572 g/mol. The molecule has 0 N–H and O–H groups in total. The van der Waals surface area contributed by atoms with E-state index in [1.54, 1.807) is 13.8 Å². The Bertz CT molecular complexity index is 1830. The van der Waals surface area contributed by atoms with E-state index in [9.17, 15) is 0 Å². The first-order chi connectivity index (χ1) is 20.2. The summed E-state index contributed by atoms with van der Waals surface area (Å²) in [6.45, 7) is 16.7. The average Bonchev–Trinajstić information content (AvgIpc) is 3.37. The number of hydrogen-bond acceptors (Lipinski definition) is 0. The quantitative estimate of drug-likeness (QED) is 0.235. The summed E-state index contributed by atoms with van der Waals surface area (Å²) >= 11 is 0. The van der Waals surface area contributed by atoms with Gasteiger partial charge in [-0.05, 0) is 85.2 Å². The molecule has 43 heavy (non-hydrogen) atoms. The van der Waals surface area contributed by atoms with E-state index in [2.05, 4.69) is 90.1 Å². The zero-order chi connectivity index (χ0) is 31.1. The Balaban J connectivity index is 1.59. The minimum Gasteiger partial charge on any atom is -0.393 e. The second-order valence-electron chi connectivity index (χ2n) is 13.0. The van der Waals surface area contributed by atoms with Crippen LogP contribution in [-0.2, 0) is 0 Å². The Morgan fingerprint density at radius 3 is 1.63 bits per heavy atom. The highest BCUT2D eigenvalue weighted by Gasteiger charge is 2.55. The molecular formula is C37H40B2F2N2. The zero-order valence-electron chi connectivity index (χ0n) is 27.1. The van der Waals surface area contributed by atoms with Gasteiger partial charge in [0.15, 0.2) is 5.70 Å². The van der Waals surface area contributed by atoms with Gasteiger partial charge in [-0.1, -0.05) is 98.3 Å². The summed E-state index contributed by atoms with van der Waals surface area (Å²) in [6.07, 6.45) is 1.89. The standard InChI is InChI=1S/C37H40B2F2N2/c1-21-15-23(3)34(24(4)16-21)38(35-25(5)17-22(2)18-26(35)6)32-13-11-31(12-14-32)33-36-27(7)19-29(9)42(36)39(40,41)43-30(10)20-28(8)37(33)43/h11-20H,1-10H3. The van der Waals surface area contributed by atoms with Gasteiger partial charge in [0, 0.05) is 24.3 Å². The molecule has 0 saturated heterocycles. The molecule has 0 atom stereocenters. The van der Waals surface area contributed by atoms with Gasteiger partial charge in [0.25, 0.3) is 0 Å². The molecular weight excluding hydrogens is 532 g/mol. The lowest BCUT2D eigenvalue weighted by atomic mass is 9.34. The molecule has 0 radical (unpaired) electrons. The van der Waals surface area contributed by atoms with Gasteiger partial charge in [-0.3, -0.25) is 0 Å². The Hall–Kier alpha value is -3.92. The van der Waals surface area contributed by atoms with Crippen molar-refractivity contribution < 1.29 is 13.1 Å². The lowest BCUT2D eigenvalue weighted by Gasteiger charge is -2.34. The molecule has 2 nitrogen and oxygen atoms in total. The van der Waals surface area contributed by atoms with Gasteiger partial charge in [0.1, 0.15) is 5.71 Å². The van der Waals surface area contributed by atoms with Gasteiger partial charge >= 0.3 is 6.97 Å². The number of fused-ring (bicyclic) bond motifs is 2. The van der Waals surface area contributed by atoms with E-state index in [0.717, 1.165) is 22.3 Å². The molecule has 2 aliphatic rings. The van der Waals surface area contributed by atoms with Crippen LogP contribution in [0.25, 0.3) is 5.57 Å². The van der Waals surface area contributed by atoms with E-state index in [-0.39, 0.29) is 6.71 Å². The lowest BCUT2D eigenvalue weighted by Crippen LogP contribution is -2.55. The fraction of sp³-hybridized carbons (Fsp3) is 0.270. The molecule has 0 unspecified atom stereocenters. The van der Waals surface area contributed by atoms with Crippen molar-refractivity contribution in [1.29, 1.82) is 0 Å². The molecule has 0 fully saturated rings. The monoisotopic (exact) mass is 572 g/mol. The van der Waals surface area contributed by atoms with E-state index in [1.165, 1.54) is 58.7 Å². The normalized spacial score (nSPS) is 15.6. The first kappa shape index (κ1) is 29.2. The third-order valence-electron chi connectivity index (χ3n) is 9.52. The first-order valence-electron chi connectivity index (χ1n) is 15.2. The smallest absolute Gasteiger partial charge is 0.393 e. The summed E-state index contributed by atoms with van der Waals surface area (Å²) in [6, 6.07) is 19.7. The van der Waals surface area contributed by atoms with Crippen LogP contribution in [-0.4, -0.2) is 28.4 Å². The van der Waals surface area contributed by atoms with Crippen molar-refractivity contribution in [2.75, 3.05) is 0 Å². The Kier molecular flexibility index (Phi) is 6.84. The third-order valence-corrected chi connectivity index (χ3v) is 9.52. The highest BCUT2D eigenvalue weighted by molar-refractivity contribution is 6.96. The fourth-order valence-corrected chi connectivity index (χ4v) is 8.19. The molecule has 0 spiro atoms. The van der Waals surface area contributed by atoms with Crippen molar-refractivity contribution in [2.45, 2.75) is 69.2 Å².